The lowest BCUT2D eigenvalue weighted by atomic mass is 9.57. The first-order valence-electron chi connectivity index (χ1n) is 22.2. The molecule has 1 spiro atoms. The normalized spacial score (nSPS) is 25.2. The molecule has 1 saturated carbocycles. The van der Waals surface area contributed by atoms with Crippen LogP contribution in [0.2, 0.25) is 0 Å². The molecule has 328 valence electrons. The van der Waals surface area contributed by atoms with Crippen molar-refractivity contribution < 1.29 is 36.3 Å². The summed E-state index contributed by atoms with van der Waals surface area (Å²) in [7, 11) is -2.44. The summed E-state index contributed by atoms with van der Waals surface area (Å²) in [5, 5.41) is 3.14. The summed E-state index contributed by atoms with van der Waals surface area (Å²) in [6, 6.07) is 19.8. The van der Waals surface area contributed by atoms with Gasteiger partial charge in [-0.3, -0.25) is 9.69 Å². The van der Waals surface area contributed by atoms with Crippen molar-refractivity contribution in [2.24, 2.45) is 17.3 Å². The molecule has 3 atom stereocenters. The van der Waals surface area contributed by atoms with Gasteiger partial charge in [-0.1, -0.05) is 18.6 Å². The Morgan fingerprint density at radius 2 is 1.52 bits per heavy atom. The van der Waals surface area contributed by atoms with Gasteiger partial charge in [0.25, 0.3) is 5.91 Å². The number of nitrogens with one attached hydrogen (secondary N) is 1. The lowest BCUT2D eigenvalue weighted by Gasteiger charge is -2.54. The van der Waals surface area contributed by atoms with Gasteiger partial charge in [0.2, 0.25) is 9.84 Å². The van der Waals surface area contributed by atoms with Crippen molar-refractivity contribution in [3.63, 3.8) is 0 Å². The number of alkyl halides is 1. The molecular formula is C47H59F2N5O6S. The molecule has 9 rings (SSSR count). The van der Waals surface area contributed by atoms with E-state index >= 15 is 8.78 Å². The Bertz CT molecular complexity index is 2160. The number of sulfone groups is 1. The highest BCUT2D eigenvalue weighted by atomic mass is 32.2. The number of alkyl carbamates (subject to hydrolysis) is 1. The monoisotopic (exact) mass is 859 g/mol. The third-order valence-electron chi connectivity index (χ3n) is 15.1. The average Bonchev–Trinajstić information content (AvgIpc) is 3.70. The maximum atomic E-state index is 16.4. The quantitative estimate of drug-likeness (QED) is 0.224. The Morgan fingerprint density at radius 3 is 2.11 bits per heavy atom. The van der Waals surface area contributed by atoms with Crippen molar-refractivity contribution >= 4 is 27.5 Å². The zero-order valence-corrected chi connectivity index (χ0v) is 36.0. The number of likely N-dealkylation sites (tertiary alicyclic amines) is 3. The van der Waals surface area contributed by atoms with Crippen LogP contribution in [-0.4, -0.2) is 133 Å². The summed E-state index contributed by atoms with van der Waals surface area (Å²) in [5.74, 6) is -0.0172. The molecule has 3 aromatic carbocycles. The summed E-state index contributed by atoms with van der Waals surface area (Å²) < 4.78 is 69.0. The molecule has 0 bridgehead atoms. The van der Waals surface area contributed by atoms with Crippen molar-refractivity contribution in [2.75, 3.05) is 90.7 Å². The summed E-state index contributed by atoms with van der Waals surface area (Å²) in [6.45, 7) is 7.88. The number of halogens is 2. The highest BCUT2D eigenvalue weighted by Crippen LogP contribution is 2.52. The van der Waals surface area contributed by atoms with E-state index in [1.54, 1.807) is 42.5 Å². The van der Waals surface area contributed by atoms with Gasteiger partial charge in [0.15, 0.2) is 5.67 Å². The van der Waals surface area contributed by atoms with Crippen LogP contribution in [-0.2, 0) is 24.7 Å². The molecule has 11 nitrogen and oxygen atoms in total. The minimum absolute atomic E-state index is 0.0800. The van der Waals surface area contributed by atoms with Crippen molar-refractivity contribution in [3.8, 4) is 0 Å². The second-order valence-corrected chi connectivity index (χ2v) is 20.8. The first-order valence-corrected chi connectivity index (χ1v) is 23.7. The SMILES string of the molecule is COC(=O)N[C@H]1CCC[C@@H]1[C@](CN1CCC1)(c1cccc(F)c1)C1CCN(CC2(F)CN(c3ccc(S(=O)(=O)c4ccc(C(=O)N5CCC6(CC5)COC6)cc4)cc3)C2)CC1. The molecule has 3 aromatic rings. The number of ether oxygens (including phenoxy) is 2. The van der Waals surface area contributed by atoms with Gasteiger partial charge < -0.3 is 29.5 Å². The zero-order valence-electron chi connectivity index (χ0n) is 35.2. The molecule has 5 saturated heterocycles. The van der Waals surface area contributed by atoms with Gasteiger partial charge in [-0.05, 0) is 149 Å². The van der Waals surface area contributed by atoms with Crippen LogP contribution < -0.4 is 10.2 Å². The van der Waals surface area contributed by atoms with Crippen LogP contribution in [0.4, 0.5) is 19.3 Å². The molecule has 6 aliphatic rings. The van der Waals surface area contributed by atoms with Gasteiger partial charge in [0.05, 0.1) is 43.2 Å². The van der Waals surface area contributed by atoms with Crippen LogP contribution in [0.25, 0.3) is 0 Å². The fourth-order valence-corrected chi connectivity index (χ4v) is 12.7. The minimum atomic E-state index is -3.83. The zero-order chi connectivity index (χ0) is 42.4. The van der Waals surface area contributed by atoms with E-state index in [4.69, 9.17) is 9.47 Å². The summed E-state index contributed by atoms with van der Waals surface area (Å²) in [4.78, 5) is 34.4. The number of amides is 2. The number of hydrogen-bond donors (Lipinski definition) is 1. The Hall–Kier alpha value is -4.11. The van der Waals surface area contributed by atoms with Gasteiger partial charge in [0, 0.05) is 54.3 Å². The predicted octanol–water partition coefficient (Wildman–Crippen LogP) is 6.32. The van der Waals surface area contributed by atoms with Gasteiger partial charge in [-0.15, -0.1) is 0 Å². The van der Waals surface area contributed by atoms with Crippen LogP contribution in [0.3, 0.4) is 0 Å². The number of carbonyl (C=O) groups is 2. The fourth-order valence-electron chi connectivity index (χ4n) is 11.5. The summed E-state index contributed by atoms with van der Waals surface area (Å²) in [6.07, 6.45) is 6.99. The van der Waals surface area contributed by atoms with E-state index in [-0.39, 0.29) is 63.3 Å². The second kappa shape index (κ2) is 16.9. The van der Waals surface area contributed by atoms with Crippen LogP contribution in [0, 0.1) is 23.1 Å². The number of anilines is 1. The van der Waals surface area contributed by atoms with E-state index in [0.717, 1.165) is 109 Å². The van der Waals surface area contributed by atoms with E-state index in [0.29, 0.717) is 25.2 Å². The number of carbonyl (C=O) groups excluding carboxylic acids is 2. The summed E-state index contributed by atoms with van der Waals surface area (Å²) in [5.41, 5.74) is 0.655. The molecule has 0 aromatic heterocycles. The lowest BCUT2D eigenvalue weighted by Crippen LogP contribution is -2.65. The maximum Gasteiger partial charge on any atom is 0.407 e. The molecule has 0 unspecified atom stereocenters. The lowest BCUT2D eigenvalue weighted by molar-refractivity contribution is -0.136. The third kappa shape index (κ3) is 8.29. The van der Waals surface area contributed by atoms with Crippen LogP contribution in [0.15, 0.2) is 82.6 Å². The summed E-state index contributed by atoms with van der Waals surface area (Å²) >= 11 is 0. The number of nitrogens with zero attached hydrogens (tertiary/aromatic N) is 4. The second-order valence-electron chi connectivity index (χ2n) is 18.8. The van der Waals surface area contributed by atoms with Crippen LogP contribution >= 0.6 is 0 Å². The molecule has 5 aliphatic heterocycles. The van der Waals surface area contributed by atoms with Gasteiger partial charge in [0.1, 0.15) is 5.82 Å². The highest BCUT2D eigenvalue weighted by Gasteiger charge is 2.54. The van der Waals surface area contributed by atoms with Gasteiger partial charge in [-0.25, -0.2) is 22.0 Å². The number of piperidine rings is 2. The Kier molecular flexibility index (Phi) is 11.7. The Morgan fingerprint density at radius 1 is 0.852 bits per heavy atom. The topological polar surface area (TPSA) is 112 Å². The van der Waals surface area contributed by atoms with E-state index in [9.17, 15) is 18.0 Å². The molecular weight excluding hydrogens is 801 g/mol. The van der Waals surface area contributed by atoms with Gasteiger partial charge >= 0.3 is 6.09 Å². The molecule has 6 fully saturated rings. The number of benzene rings is 3. The van der Waals surface area contributed by atoms with E-state index in [1.165, 1.54) is 25.3 Å². The molecule has 0 radical (unpaired) electrons. The molecule has 5 heterocycles. The number of hydrogen-bond acceptors (Lipinski definition) is 9. The van der Waals surface area contributed by atoms with Crippen LogP contribution in [0.5, 0.6) is 0 Å². The molecule has 1 N–H and O–H groups in total. The molecule has 14 heteroatoms. The fraction of sp³-hybridized carbons (Fsp3) is 0.574. The number of rotatable bonds is 12. The van der Waals surface area contributed by atoms with Crippen molar-refractivity contribution in [2.45, 2.75) is 78.3 Å². The minimum Gasteiger partial charge on any atom is -0.453 e. The average molecular weight is 860 g/mol. The van der Waals surface area contributed by atoms with E-state index in [2.05, 4.69) is 21.2 Å². The van der Waals surface area contributed by atoms with E-state index < -0.39 is 21.6 Å². The van der Waals surface area contributed by atoms with Gasteiger partial charge in [-0.2, -0.15) is 0 Å². The first kappa shape index (κ1) is 42.2. The van der Waals surface area contributed by atoms with Crippen molar-refractivity contribution in [1.29, 1.82) is 0 Å². The van der Waals surface area contributed by atoms with Crippen LogP contribution in [0.1, 0.15) is 67.3 Å². The van der Waals surface area contributed by atoms with Crippen molar-refractivity contribution in [1.82, 2.24) is 20.0 Å². The molecule has 1 aliphatic carbocycles. The maximum absolute atomic E-state index is 16.4. The first-order chi connectivity index (χ1) is 29.4. The third-order valence-corrected chi connectivity index (χ3v) is 16.9. The highest BCUT2D eigenvalue weighted by molar-refractivity contribution is 7.91. The predicted molar refractivity (Wildman–Crippen MR) is 228 cm³/mol. The Balaban J connectivity index is 0.817. The van der Waals surface area contributed by atoms with E-state index in [1.807, 2.05) is 15.9 Å². The standard InChI is InChI=1S/C47H59F2N5O6S/c1-59-44(56)50-42-8-3-7-41(42)47(31-51-21-4-22-51,36-5-2-6-37(48)27-36)35-17-23-52(24-18-35)28-46(49)29-54(30-46)38-11-15-40(16-12-38)61(57,58)39-13-9-34(10-14-39)43(55)53-25-19-45(20-26-53)32-60-33-45/h2,5-6,9-16,27,35,41-42H,3-4,7-8,17-26,28-33H2,1H3,(H,50,56)/t41-,42-,47-/m0/s1. The number of methoxy groups -OCH3 is 1. The largest absolute Gasteiger partial charge is 0.453 e. The molecule has 2 amide bonds. The smallest absolute Gasteiger partial charge is 0.407 e. The Labute approximate surface area is 358 Å². The molecule has 61 heavy (non-hydrogen) atoms. The van der Waals surface area contributed by atoms with Crippen molar-refractivity contribution in [3.05, 3.63) is 89.7 Å².